The Hall–Kier alpha value is -2.35. The van der Waals surface area contributed by atoms with E-state index in [0.29, 0.717) is 23.6 Å². The van der Waals surface area contributed by atoms with Gasteiger partial charge in [0.1, 0.15) is 5.82 Å². The van der Waals surface area contributed by atoms with Gasteiger partial charge in [-0.15, -0.1) is 0 Å². The number of rotatable bonds is 6. The van der Waals surface area contributed by atoms with E-state index in [2.05, 4.69) is 17.3 Å². The third kappa shape index (κ3) is 3.90. The average molecular weight is 376 g/mol. The summed E-state index contributed by atoms with van der Waals surface area (Å²) in [5.74, 6) is 0.446. The smallest absolute Gasteiger partial charge is 0.256 e. The van der Waals surface area contributed by atoms with Gasteiger partial charge in [0.15, 0.2) is 0 Å². The number of aryl methyl sites for hydroxylation is 2. The molecule has 1 aromatic carbocycles. The number of carbonyl (C=O) groups excluding carboxylic acids is 1. The Bertz CT molecular complexity index is 905. The summed E-state index contributed by atoms with van der Waals surface area (Å²) in [4.78, 5) is 12.6. The van der Waals surface area contributed by atoms with Crippen molar-refractivity contribution >= 4 is 27.4 Å². The fraction of sp³-hybridized carbons (Fsp3) is 0.444. The van der Waals surface area contributed by atoms with E-state index in [4.69, 9.17) is 0 Å². The van der Waals surface area contributed by atoms with Crippen LogP contribution in [0, 0.1) is 0 Å². The lowest BCUT2D eigenvalue weighted by Gasteiger charge is -2.29. The van der Waals surface area contributed by atoms with Gasteiger partial charge in [0.05, 0.1) is 18.1 Å². The van der Waals surface area contributed by atoms with Crippen molar-refractivity contribution in [2.75, 3.05) is 22.4 Å². The number of amides is 1. The van der Waals surface area contributed by atoms with Crippen molar-refractivity contribution in [2.24, 2.45) is 0 Å². The van der Waals surface area contributed by atoms with Crippen LogP contribution in [0.15, 0.2) is 30.5 Å². The molecule has 1 amide bonds. The van der Waals surface area contributed by atoms with Gasteiger partial charge in [-0.25, -0.2) is 13.1 Å². The second-order valence-electron chi connectivity index (χ2n) is 6.53. The molecule has 2 heterocycles. The highest BCUT2D eigenvalue weighted by Crippen LogP contribution is 2.30. The molecule has 1 N–H and O–H groups in total. The molecule has 1 aliphatic rings. The van der Waals surface area contributed by atoms with Crippen LogP contribution in [0.5, 0.6) is 0 Å². The quantitative estimate of drug-likeness (QED) is 0.840. The molecule has 0 aliphatic carbocycles. The molecular formula is C18H24N4O3S. The number of carbonyl (C=O) groups is 1. The van der Waals surface area contributed by atoms with Gasteiger partial charge in [-0.1, -0.05) is 13.3 Å². The maximum absolute atomic E-state index is 12.6. The van der Waals surface area contributed by atoms with Crippen LogP contribution in [-0.4, -0.2) is 36.9 Å². The molecule has 3 rings (SSSR count). The molecule has 1 aliphatic heterocycles. The number of aromatic nitrogens is 2. The highest BCUT2D eigenvalue weighted by atomic mass is 32.2. The fourth-order valence-electron chi connectivity index (χ4n) is 3.16. The van der Waals surface area contributed by atoms with E-state index in [9.17, 15) is 13.2 Å². The maximum Gasteiger partial charge on any atom is 0.256 e. The first-order chi connectivity index (χ1) is 12.4. The van der Waals surface area contributed by atoms with Crippen LogP contribution < -0.4 is 9.62 Å². The predicted molar refractivity (Wildman–Crippen MR) is 102 cm³/mol. The van der Waals surface area contributed by atoms with Crippen molar-refractivity contribution in [2.45, 2.75) is 39.2 Å². The summed E-state index contributed by atoms with van der Waals surface area (Å²) < 4.78 is 27.1. The molecule has 0 bridgehead atoms. The number of hydrogen-bond acceptors (Lipinski definition) is 4. The van der Waals surface area contributed by atoms with Crippen molar-refractivity contribution in [1.82, 2.24) is 9.78 Å². The van der Waals surface area contributed by atoms with Crippen molar-refractivity contribution in [1.29, 1.82) is 0 Å². The number of sulfonamides is 1. The molecule has 8 heteroatoms. The molecule has 0 atom stereocenters. The van der Waals surface area contributed by atoms with Crippen molar-refractivity contribution < 1.29 is 13.2 Å². The second-order valence-corrected chi connectivity index (χ2v) is 8.44. The highest BCUT2D eigenvalue weighted by molar-refractivity contribution is 7.92. The van der Waals surface area contributed by atoms with Crippen LogP contribution in [-0.2, 0) is 23.0 Å². The summed E-state index contributed by atoms with van der Waals surface area (Å²) in [6.07, 6.45) is 6.42. The van der Waals surface area contributed by atoms with Crippen LogP contribution in [0.2, 0.25) is 0 Å². The van der Waals surface area contributed by atoms with E-state index in [-0.39, 0.29) is 5.91 Å². The second kappa shape index (κ2) is 7.49. The van der Waals surface area contributed by atoms with Crippen LogP contribution in [0.25, 0.3) is 0 Å². The standard InChI is InChI=1S/C18H24N4O3S/c1-3-4-11-21-17(9-10-19-21)20-18(23)15-7-8-16-14(13-15)6-5-12-22(16)26(2,24)25/h7-10,13H,3-6,11-12H2,1-2H3,(H,20,23). The third-order valence-electron chi connectivity index (χ3n) is 4.50. The van der Waals surface area contributed by atoms with E-state index in [1.54, 1.807) is 35.1 Å². The molecule has 0 spiro atoms. The number of fused-ring (bicyclic) bond motifs is 1. The van der Waals surface area contributed by atoms with Crippen LogP contribution in [0.1, 0.15) is 42.1 Å². The lowest BCUT2D eigenvalue weighted by molar-refractivity contribution is 0.102. The molecule has 0 saturated heterocycles. The zero-order valence-electron chi connectivity index (χ0n) is 15.1. The Labute approximate surface area is 154 Å². The monoisotopic (exact) mass is 376 g/mol. The van der Waals surface area contributed by atoms with Gasteiger partial charge in [0, 0.05) is 24.7 Å². The zero-order chi connectivity index (χ0) is 18.7. The Balaban J connectivity index is 1.80. The summed E-state index contributed by atoms with van der Waals surface area (Å²) in [7, 11) is -3.31. The fourth-order valence-corrected chi connectivity index (χ4v) is 4.16. The SMILES string of the molecule is CCCCn1nccc1NC(=O)c1ccc2c(c1)CCCN2S(C)(=O)=O. The minimum absolute atomic E-state index is 0.220. The molecular weight excluding hydrogens is 352 g/mol. The number of hydrogen-bond donors (Lipinski definition) is 1. The number of nitrogens with zero attached hydrogens (tertiary/aromatic N) is 3. The first-order valence-corrected chi connectivity index (χ1v) is 10.7. The number of benzene rings is 1. The zero-order valence-corrected chi connectivity index (χ0v) is 15.9. The average Bonchev–Trinajstić information content (AvgIpc) is 3.05. The normalized spacial score (nSPS) is 14.2. The van der Waals surface area contributed by atoms with E-state index < -0.39 is 10.0 Å². The van der Waals surface area contributed by atoms with Gasteiger partial charge in [-0.05, 0) is 43.0 Å². The molecule has 2 aromatic rings. The summed E-state index contributed by atoms with van der Waals surface area (Å²) >= 11 is 0. The first kappa shape index (κ1) is 18.4. The summed E-state index contributed by atoms with van der Waals surface area (Å²) in [5, 5.41) is 7.13. The number of nitrogens with one attached hydrogen (secondary N) is 1. The van der Waals surface area contributed by atoms with E-state index in [1.165, 1.54) is 10.6 Å². The number of unbranched alkanes of at least 4 members (excludes halogenated alkanes) is 1. The van der Waals surface area contributed by atoms with Crippen molar-refractivity contribution in [3.8, 4) is 0 Å². The van der Waals surface area contributed by atoms with E-state index in [1.807, 2.05) is 0 Å². The molecule has 0 fully saturated rings. The van der Waals surface area contributed by atoms with Gasteiger partial charge in [-0.2, -0.15) is 5.10 Å². The van der Waals surface area contributed by atoms with Gasteiger partial charge >= 0.3 is 0 Å². The summed E-state index contributed by atoms with van der Waals surface area (Å²) in [6.45, 7) is 3.34. The topological polar surface area (TPSA) is 84.3 Å². The Morgan fingerprint density at radius 2 is 2.12 bits per heavy atom. The lowest BCUT2D eigenvalue weighted by Crippen LogP contribution is -2.34. The predicted octanol–water partition coefficient (Wildman–Crippen LogP) is 2.65. The van der Waals surface area contributed by atoms with E-state index >= 15 is 0 Å². The molecule has 1 aromatic heterocycles. The first-order valence-electron chi connectivity index (χ1n) is 8.84. The van der Waals surface area contributed by atoms with Crippen molar-refractivity contribution in [3.63, 3.8) is 0 Å². The summed E-state index contributed by atoms with van der Waals surface area (Å²) in [6, 6.07) is 6.95. The maximum atomic E-state index is 12.6. The molecule has 0 radical (unpaired) electrons. The lowest BCUT2D eigenvalue weighted by atomic mass is 10.0. The summed E-state index contributed by atoms with van der Waals surface area (Å²) in [5.41, 5.74) is 2.07. The minimum Gasteiger partial charge on any atom is -0.307 e. The van der Waals surface area contributed by atoms with Gasteiger partial charge in [0.2, 0.25) is 10.0 Å². The van der Waals surface area contributed by atoms with Gasteiger partial charge < -0.3 is 5.32 Å². The molecule has 0 saturated carbocycles. The third-order valence-corrected chi connectivity index (χ3v) is 5.68. The number of anilines is 2. The van der Waals surface area contributed by atoms with E-state index in [0.717, 1.165) is 37.8 Å². The Morgan fingerprint density at radius 3 is 2.85 bits per heavy atom. The minimum atomic E-state index is -3.31. The Morgan fingerprint density at radius 1 is 1.31 bits per heavy atom. The molecule has 26 heavy (non-hydrogen) atoms. The van der Waals surface area contributed by atoms with Crippen LogP contribution in [0.3, 0.4) is 0 Å². The van der Waals surface area contributed by atoms with Crippen molar-refractivity contribution in [3.05, 3.63) is 41.6 Å². The molecule has 140 valence electrons. The largest absolute Gasteiger partial charge is 0.307 e. The van der Waals surface area contributed by atoms with Crippen LogP contribution in [0.4, 0.5) is 11.5 Å². The van der Waals surface area contributed by atoms with Gasteiger partial charge in [-0.3, -0.25) is 9.10 Å². The molecule has 7 nitrogen and oxygen atoms in total. The van der Waals surface area contributed by atoms with Crippen LogP contribution >= 0.6 is 0 Å². The highest BCUT2D eigenvalue weighted by Gasteiger charge is 2.24. The molecule has 0 unspecified atom stereocenters. The Kier molecular flexibility index (Phi) is 5.31. The van der Waals surface area contributed by atoms with Gasteiger partial charge in [0.25, 0.3) is 5.91 Å².